The van der Waals surface area contributed by atoms with Gasteiger partial charge in [0, 0.05) is 21.5 Å². The minimum absolute atomic E-state index is 0.0819. The van der Waals surface area contributed by atoms with Gasteiger partial charge < -0.3 is 15.4 Å². The number of aromatic amines is 1. The molecule has 0 saturated heterocycles. The lowest BCUT2D eigenvalue weighted by molar-refractivity contribution is 0.0692. The topological polar surface area (TPSA) is 82.2 Å². The van der Waals surface area contributed by atoms with E-state index in [2.05, 4.69) is 10.3 Å². The van der Waals surface area contributed by atoms with Gasteiger partial charge in [-0.1, -0.05) is 29.8 Å². The van der Waals surface area contributed by atoms with Gasteiger partial charge in [-0.3, -0.25) is 4.79 Å². The quantitative estimate of drug-likeness (QED) is 0.688. The minimum atomic E-state index is -1.16. The molecule has 6 heteroatoms. The average Bonchev–Trinajstić information content (AvgIpc) is 2.86. The molecule has 0 fully saturated rings. The number of anilines is 1. The van der Waals surface area contributed by atoms with Crippen molar-refractivity contribution in [2.45, 2.75) is 0 Å². The fraction of sp³-hybridized carbons (Fsp3) is 0. The van der Waals surface area contributed by atoms with Gasteiger partial charge in [0.05, 0.1) is 5.69 Å². The second-order valence-corrected chi connectivity index (χ2v) is 5.13. The van der Waals surface area contributed by atoms with E-state index in [4.69, 9.17) is 11.6 Å². The molecule has 0 saturated carbocycles. The van der Waals surface area contributed by atoms with E-state index in [0.717, 1.165) is 0 Å². The highest BCUT2D eigenvalue weighted by atomic mass is 35.5. The number of amides is 1. The zero-order valence-corrected chi connectivity index (χ0v) is 12.0. The summed E-state index contributed by atoms with van der Waals surface area (Å²) < 4.78 is 0. The lowest BCUT2D eigenvalue weighted by atomic mass is 10.2. The zero-order chi connectivity index (χ0) is 15.7. The maximum atomic E-state index is 12.3. The molecule has 0 atom stereocenters. The number of halogens is 1. The predicted octanol–water partition coefficient (Wildman–Crippen LogP) is 3.77. The Balaban J connectivity index is 2.09. The van der Waals surface area contributed by atoms with Crippen LogP contribution in [-0.4, -0.2) is 22.0 Å². The summed E-state index contributed by atoms with van der Waals surface area (Å²) >= 11 is 5.96. The molecule has 3 N–H and O–H groups in total. The monoisotopic (exact) mass is 314 g/mol. The highest BCUT2D eigenvalue weighted by Crippen LogP contribution is 2.30. The molecular formula is C16H11ClN2O3. The number of carboxylic acids is 1. The Labute approximate surface area is 130 Å². The van der Waals surface area contributed by atoms with Gasteiger partial charge in [-0.15, -0.1) is 0 Å². The Hall–Kier alpha value is -2.79. The van der Waals surface area contributed by atoms with Crippen molar-refractivity contribution in [3.63, 3.8) is 0 Å². The number of carbonyl (C=O) groups is 2. The number of carbonyl (C=O) groups excluding carboxylic acids is 1. The first kappa shape index (κ1) is 14.2. The van der Waals surface area contributed by atoms with Gasteiger partial charge in [0.2, 0.25) is 0 Å². The average molecular weight is 315 g/mol. The van der Waals surface area contributed by atoms with E-state index in [-0.39, 0.29) is 17.3 Å². The number of hydrogen-bond donors (Lipinski definition) is 3. The van der Waals surface area contributed by atoms with Crippen molar-refractivity contribution < 1.29 is 14.7 Å². The molecular weight excluding hydrogens is 304 g/mol. The normalized spacial score (nSPS) is 10.6. The summed E-state index contributed by atoms with van der Waals surface area (Å²) in [4.78, 5) is 26.4. The van der Waals surface area contributed by atoms with Gasteiger partial charge in [0.1, 0.15) is 5.69 Å². The summed E-state index contributed by atoms with van der Waals surface area (Å²) in [7, 11) is 0. The van der Waals surface area contributed by atoms with Crippen LogP contribution < -0.4 is 5.32 Å². The SMILES string of the molecule is O=C(Nc1c(C(=O)O)[nH]c2ccc(Cl)cc12)c1ccccc1. The van der Waals surface area contributed by atoms with Gasteiger partial charge in [-0.05, 0) is 30.3 Å². The molecule has 0 spiro atoms. The molecule has 0 aliphatic heterocycles. The van der Waals surface area contributed by atoms with E-state index in [9.17, 15) is 14.7 Å². The van der Waals surface area contributed by atoms with Gasteiger partial charge in [-0.2, -0.15) is 0 Å². The van der Waals surface area contributed by atoms with Crippen LogP contribution in [0.2, 0.25) is 5.02 Å². The summed E-state index contributed by atoms with van der Waals surface area (Å²) in [5.74, 6) is -1.54. The Bertz CT molecular complexity index is 872. The highest BCUT2D eigenvalue weighted by molar-refractivity contribution is 6.31. The van der Waals surface area contributed by atoms with Gasteiger partial charge >= 0.3 is 5.97 Å². The second-order valence-electron chi connectivity index (χ2n) is 4.69. The van der Waals surface area contributed by atoms with Crippen molar-refractivity contribution in [2.24, 2.45) is 0 Å². The predicted molar refractivity (Wildman–Crippen MR) is 84.7 cm³/mol. The number of benzene rings is 2. The molecule has 1 amide bonds. The Morgan fingerprint density at radius 2 is 1.82 bits per heavy atom. The number of aromatic nitrogens is 1. The number of H-pyrrole nitrogens is 1. The molecule has 2 aromatic carbocycles. The van der Waals surface area contributed by atoms with E-state index >= 15 is 0 Å². The summed E-state index contributed by atoms with van der Waals surface area (Å²) in [5.41, 5.74) is 1.15. The molecule has 1 heterocycles. The molecule has 22 heavy (non-hydrogen) atoms. The lowest BCUT2D eigenvalue weighted by Gasteiger charge is -2.05. The maximum Gasteiger partial charge on any atom is 0.354 e. The molecule has 3 rings (SSSR count). The van der Waals surface area contributed by atoms with E-state index in [0.29, 0.717) is 21.5 Å². The number of rotatable bonds is 3. The third kappa shape index (κ3) is 2.54. The number of fused-ring (bicyclic) bond motifs is 1. The van der Waals surface area contributed by atoms with Crippen LogP contribution >= 0.6 is 11.6 Å². The van der Waals surface area contributed by atoms with Gasteiger partial charge in [0.15, 0.2) is 0 Å². The molecule has 0 unspecified atom stereocenters. The van der Waals surface area contributed by atoms with Crippen LogP contribution in [0.25, 0.3) is 10.9 Å². The third-order valence-electron chi connectivity index (χ3n) is 3.25. The van der Waals surface area contributed by atoms with Crippen LogP contribution in [0.1, 0.15) is 20.8 Å². The first-order chi connectivity index (χ1) is 10.6. The maximum absolute atomic E-state index is 12.3. The van der Waals surface area contributed by atoms with Crippen molar-refractivity contribution in [3.05, 3.63) is 64.8 Å². The van der Waals surface area contributed by atoms with Crippen LogP contribution in [0.3, 0.4) is 0 Å². The third-order valence-corrected chi connectivity index (χ3v) is 3.48. The van der Waals surface area contributed by atoms with Crippen LogP contribution in [0.15, 0.2) is 48.5 Å². The van der Waals surface area contributed by atoms with Crippen LogP contribution in [0.4, 0.5) is 5.69 Å². The molecule has 0 bridgehead atoms. The van der Waals surface area contributed by atoms with Gasteiger partial charge in [0.25, 0.3) is 5.91 Å². The van der Waals surface area contributed by atoms with Crippen molar-refractivity contribution in [3.8, 4) is 0 Å². The lowest BCUT2D eigenvalue weighted by Crippen LogP contribution is -2.14. The standard InChI is InChI=1S/C16H11ClN2O3/c17-10-6-7-12-11(8-10)13(14(18-12)16(21)22)19-15(20)9-4-2-1-3-5-9/h1-8,18H,(H,19,20)(H,21,22). The second kappa shape index (κ2) is 5.54. The Morgan fingerprint density at radius 1 is 1.09 bits per heavy atom. The number of carboxylic acid groups (broad SMARTS) is 1. The van der Waals surface area contributed by atoms with Crippen molar-refractivity contribution in [2.75, 3.05) is 5.32 Å². The van der Waals surface area contributed by atoms with E-state index in [1.807, 2.05) is 0 Å². The first-order valence-corrected chi connectivity index (χ1v) is 6.85. The number of aromatic carboxylic acids is 1. The Morgan fingerprint density at radius 3 is 2.50 bits per heavy atom. The number of hydrogen-bond acceptors (Lipinski definition) is 2. The largest absolute Gasteiger partial charge is 0.477 e. The van der Waals surface area contributed by atoms with Crippen molar-refractivity contribution >= 4 is 40.1 Å². The van der Waals surface area contributed by atoms with Crippen LogP contribution in [0, 0.1) is 0 Å². The molecule has 3 aromatic rings. The fourth-order valence-electron chi connectivity index (χ4n) is 2.23. The van der Waals surface area contributed by atoms with Gasteiger partial charge in [-0.25, -0.2) is 4.79 Å². The van der Waals surface area contributed by atoms with E-state index in [1.165, 1.54) is 0 Å². The number of nitrogens with one attached hydrogen (secondary N) is 2. The summed E-state index contributed by atoms with van der Waals surface area (Å²) in [6.45, 7) is 0. The summed E-state index contributed by atoms with van der Waals surface area (Å²) in [6, 6.07) is 13.5. The molecule has 1 aromatic heterocycles. The van der Waals surface area contributed by atoms with Crippen molar-refractivity contribution in [1.29, 1.82) is 0 Å². The van der Waals surface area contributed by atoms with Crippen molar-refractivity contribution in [1.82, 2.24) is 4.98 Å². The van der Waals surface area contributed by atoms with Crippen LogP contribution in [-0.2, 0) is 0 Å². The first-order valence-electron chi connectivity index (χ1n) is 6.47. The zero-order valence-electron chi connectivity index (χ0n) is 11.3. The van der Waals surface area contributed by atoms with Crippen LogP contribution in [0.5, 0.6) is 0 Å². The summed E-state index contributed by atoms with van der Waals surface area (Å²) in [5, 5.41) is 13.0. The fourth-order valence-corrected chi connectivity index (χ4v) is 2.40. The summed E-state index contributed by atoms with van der Waals surface area (Å²) in [6.07, 6.45) is 0. The molecule has 5 nitrogen and oxygen atoms in total. The Kier molecular flexibility index (Phi) is 3.56. The molecule has 0 aliphatic carbocycles. The minimum Gasteiger partial charge on any atom is -0.477 e. The smallest absolute Gasteiger partial charge is 0.354 e. The van der Waals surface area contributed by atoms with E-state index in [1.54, 1.807) is 48.5 Å². The highest BCUT2D eigenvalue weighted by Gasteiger charge is 2.19. The van der Waals surface area contributed by atoms with E-state index < -0.39 is 5.97 Å². The molecule has 110 valence electrons. The molecule has 0 aliphatic rings. The molecule has 0 radical (unpaired) electrons.